The number of amides is 1. The third-order valence-electron chi connectivity index (χ3n) is 4.51. The number of aliphatic hydroxyl groups excluding tert-OH is 1. The average Bonchev–Trinajstić information content (AvgIpc) is 2.42. The highest BCUT2D eigenvalue weighted by atomic mass is 16.5. The lowest BCUT2D eigenvalue weighted by molar-refractivity contribution is -0.138. The Morgan fingerprint density at radius 2 is 2.05 bits per heavy atom. The van der Waals surface area contributed by atoms with Gasteiger partial charge >= 0.3 is 0 Å². The van der Waals surface area contributed by atoms with Crippen LogP contribution in [0.15, 0.2) is 0 Å². The van der Waals surface area contributed by atoms with E-state index >= 15 is 0 Å². The van der Waals surface area contributed by atoms with Crippen molar-refractivity contribution in [3.8, 4) is 0 Å². The molecule has 19 heavy (non-hydrogen) atoms. The van der Waals surface area contributed by atoms with Gasteiger partial charge in [-0.25, -0.2) is 0 Å². The lowest BCUT2D eigenvalue weighted by atomic mass is 9.78. The van der Waals surface area contributed by atoms with Crippen molar-refractivity contribution in [3.63, 3.8) is 0 Å². The highest BCUT2D eigenvalue weighted by Gasteiger charge is 2.41. The molecule has 0 radical (unpaired) electrons. The van der Waals surface area contributed by atoms with Crippen molar-refractivity contribution in [2.45, 2.75) is 50.7 Å². The molecule has 0 spiro atoms. The Hall–Kier alpha value is -0.650. The van der Waals surface area contributed by atoms with Gasteiger partial charge in [-0.15, -0.1) is 0 Å². The standard InChI is InChI=1S/C14H26N2O3/c1-19-10-14(6-8-15-9-7-14)13(18)16-11-4-2-3-5-12(11)17/h11-12,15,17H,2-10H2,1H3,(H,16,18)/t11-,12-/m1/s1. The maximum Gasteiger partial charge on any atom is 0.228 e. The molecule has 3 N–H and O–H groups in total. The summed E-state index contributed by atoms with van der Waals surface area (Å²) in [5.74, 6) is 0.0572. The number of carbonyl (C=O) groups excluding carboxylic acids is 1. The molecular weight excluding hydrogens is 244 g/mol. The number of hydrogen-bond acceptors (Lipinski definition) is 4. The Balaban J connectivity index is 1.98. The van der Waals surface area contributed by atoms with Gasteiger partial charge in [0, 0.05) is 7.11 Å². The van der Waals surface area contributed by atoms with Crippen molar-refractivity contribution in [2.24, 2.45) is 5.41 Å². The molecule has 5 nitrogen and oxygen atoms in total. The van der Waals surface area contributed by atoms with Crippen LogP contribution in [0.4, 0.5) is 0 Å². The molecule has 1 amide bonds. The van der Waals surface area contributed by atoms with Gasteiger partial charge in [-0.2, -0.15) is 0 Å². The zero-order valence-electron chi connectivity index (χ0n) is 11.8. The Bertz CT molecular complexity index is 298. The summed E-state index contributed by atoms with van der Waals surface area (Å²) in [5, 5.41) is 16.3. The predicted molar refractivity (Wildman–Crippen MR) is 72.8 cm³/mol. The number of piperidine rings is 1. The second-order valence-electron chi connectivity index (χ2n) is 5.90. The first kappa shape index (κ1) is 14.8. The SMILES string of the molecule is COCC1(C(=O)N[C@@H]2CCCC[C@H]2O)CCNCC1. The number of nitrogens with one attached hydrogen (secondary N) is 2. The van der Waals surface area contributed by atoms with Crippen molar-refractivity contribution >= 4 is 5.91 Å². The summed E-state index contributed by atoms with van der Waals surface area (Å²) in [6.45, 7) is 2.16. The van der Waals surface area contributed by atoms with E-state index in [0.717, 1.165) is 51.6 Å². The van der Waals surface area contributed by atoms with Gasteiger partial charge in [0.05, 0.1) is 24.2 Å². The van der Waals surface area contributed by atoms with E-state index in [9.17, 15) is 9.90 Å². The summed E-state index contributed by atoms with van der Waals surface area (Å²) in [6, 6.07) is -0.0788. The molecule has 0 aromatic heterocycles. The van der Waals surface area contributed by atoms with Crippen LogP contribution in [0.5, 0.6) is 0 Å². The lowest BCUT2D eigenvalue weighted by Gasteiger charge is -2.38. The fraction of sp³-hybridized carbons (Fsp3) is 0.929. The van der Waals surface area contributed by atoms with Crippen molar-refractivity contribution in [3.05, 3.63) is 0 Å². The van der Waals surface area contributed by atoms with Crippen LogP contribution in [-0.2, 0) is 9.53 Å². The summed E-state index contributed by atoms with van der Waals surface area (Å²) in [4.78, 5) is 12.6. The number of ether oxygens (including phenoxy) is 1. The van der Waals surface area contributed by atoms with Gasteiger partial charge in [-0.05, 0) is 38.8 Å². The number of rotatable bonds is 4. The second-order valence-corrected chi connectivity index (χ2v) is 5.90. The van der Waals surface area contributed by atoms with E-state index in [1.807, 2.05) is 0 Å². The summed E-state index contributed by atoms with van der Waals surface area (Å²) in [5.41, 5.74) is -0.419. The van der Waals surface area contributed by atoms with Crippen LogP contribution in [0.2, 0.25) is 0 Å². The zero-order chi connectivity index (χ0) is 13.7. The minimum atomic E-state index is -0.419. The Labute approximate surface area is 115 Å². The normalized spacial score (nSPS) is 30.8. The summed E-state index contributed by atoms with van der Waals surface area (Å²) in [7, 11) is 1.65. The molecule has 1 saturated carbocycles. The van der Waals surface area contributed by atoms with Crippen molar-refractivity contribution in [1.82, 2.24) is 10.6 Å². The molecule has 2 rings (SSSR count). The Kier molecular flexibility index (Phi) is 5.19. The Morgan fingerprint density at radius 3 is 2.68 bits per heavy atom. The van der Waals surface area contributed by atoms with Crippen LogP contribution in [0.25, 0.3) is 0 Å². The van der Waals surface area contributed by atoms with Gasteiger partial charge in [0.25, 0.3) is 0 Å². The molecule has 5 heteroatoms. The summed E-state index contributed by atoms with van der Waals surface area (Å²) < 4.78 is 5.27. The van der Waals surface area contributed by atoms with E-state index in [4.69, 9.17) is 4.74 Å². The van der Waals surface area contributed by atoms with E-state index in [0.29, 0.717) is 6.61 Å². The molecule has 0 aromatic rings. The quantitative estimate of drug-likeness (QED) is 0.692. The Morgan fingerprint density at radius 1 is 1.37 bits per heavy atom. The highest BCUT2D eigenvalue weighted by Crippen LogP contribution is 2.30. The minimum Gasteiger partial charge on any atom is -0.391 e. The van der Waals surface area contributed by atoms with Gasteiger partial charge in [-0.1, -0.05) is 12.8 Å². The van der Waals surface area contributed by atoms with Crippen LogP contribution in [0.3, 0.4) is 0 Å². The van der Waals surface area contributed by atoms with E-state index in [1.54, 1.807) is 7.11 Å². The number of aliphatic hydroxyl groups is 1. The molecule has 0 unspecified atom stereocenters. The van der Waals surface area contributed by atoms with Crippen molar-refractivity contribution < 1.29 is 14.6 Å². The first-order valence-electron chi connectivity index (χ1n) is 7.37. The summed E-state index contributed by atoms with van der Waals surface area (Å²) >= 11 is 0. The lowest BCUT2D eigenvalue weighted by Crippen LogP contribution is -2.55. The molecular formula is C14H26N2O3. The topological polar surface area (TPSA) is 70.6 Å². The number of carbonyl (C=O) groups is 1. The molecule has 2 fully saturated rings. The molecule has 0 bridgehead atoms. The zero-order valence-corrected chi connectivity index (χ0v) is 11.8. The molecule has 1 heterocycles. The van der Waals surface area contributed by atoms with Crippen LogP contribution >= 0.6 is 0 Å². The van der Waals surface area contributed by atoms with Crippen LogP contribution in [0, 0.1) is 5.41 Å². The van der Waals surface area contributed by atoms with Gasteiger partial charge in [0.2, 0.25) is 5.91 Å². The molecule has 1 saturated heterocycles. The average molecular weight is 270 g/mol. The van der Waals surface area contributed by atoms with Crippen LogP contribution in [0.1, 0.15) is 38.5 Å². The second kappa shape index (κ2) is 6.68. The summed E-state index contributed by atoms with van der Waals surface area (Å²) in [6.07, 6.45) is 5.03. The highest BCUT2D eigenvalue weighted by molar-refractivity contribution is 5.83. The van der Waals surface area contributed by atoms with E-state index in [1.165, 1.54) is 0 Å². The van der Waals surface area contributed by atoms with Crippen molar-refractivity contribution in [2.75, 3.05) is 26.8 Å². The smallest absolute Gasteiger partial charge is 0.228 e. The monoisotopic (exact) mass is 270 g/mol. The first-order valence-corrected chi connectivity index (χ1v) is 7.37. The fourth-order valence-corrected chi connectivity index (χ4v) is 3.22. The van der Waals surface area contributed by atoms with Crippen LogP contribution < -0.4 is 10.6 Å². The fourth-order valence-electron chi connectivity index (χ4n) is 3.22. The van der Waals surface area contributed by atoms with Crippen LogP contribution in [-0.4, -0.2) is 50.0 Å². The molecule has 0 aromatic carbocycles. The van der Waals surface area contributed by atoms with E-state index in [2.05, 4.69) is 10.6 Å². The molecule has 2 aliphatic rings. The van der Waals surface area contributed by atoms with Gasteiger partial charge in [0.1, 0.15) is 0 Å². The molecule has 110 valence electrons. The van der Waals surface area contributed by atoms with E-state index < -0.39 is 5.41 Å². The van der Waals surface area contributed by atoms with Crippen molar-refractivity contribution in [1.29, 1.82) is 0 Å². The third kappa shape index (κ3) is 3.46. The van der Waals surface area contributed by atoms with Gasteiger partial charge in [-0.3, -0.25) is 4.79 Å². The number of hydrogen-bond donors (Lipinski definition) is 3. The first-order chi connectivity index (χ1) is 9.18. The number of methoxy groups -OCH3 is 1. The predicted octanol–water partition coefficient (Wildman–Crippen LogP) is 0.422. The molecule has 2 atom stereocenters. The van der Waals surface area contributed by atoms with E-state index in [-0.39, 0.29) is 18.1 Å². The molecule has 1 aliphatic carbocycles. The maximum absolute atomic E-state index is 12.6. The maximum atomic E-state index is 12.6. The minimum absolute atomic E-state index is 0.0572. The van der Waals surface area contributed by atoms with Gasteiger partial charge in [0.15, 0.2) is 0 Å². The van der Waals surface area contributed by atoms with Gasteiger partial charge < -0.3 is 20.5 Å². The third-order valence-corrected chi connectivity index (χ3v) is 4.51. The molecule has 1 aliphatic heterocycles. The largest absolute Gasteiger partial charge is 0.391 e.